The van der Waals surface area contributed by atoms with Crippen molar-refractivity contribution in [3.63, 3.8) is 0 Å². The molecule has 5 heterocycles. The minimum Gasteiger partial charge on any atom is -0.350 e. The molecule has 0 aliphatic carbocycles. The van der Waals surface area contributed by atoms with Gasteiger partial charge in [0, 0.05) is 51.0 Å². The number of aromatic nitrogens is 3. The van der Waals surface area contributed by atoms with E-state index in [0.29, 0.717) is 17.8 Å². The topological polar surface area (TPSA) is 69.5 Å². The first-order valence-corrected chi connectivity index (χ1v) is 10.4. The van der Waals surface area contributed by atoms with Gasteiger partial charge in [-0.1, -0.05) is 0 Å². The molecule has 158 valence electrons. The van der Waals surface area contributed by atoms with Crippen LogP contribution in [-0.2, 0) is 6.42 Å². The van der Waals surface area contributed by atoms with Crippen molar-refractivity contribution in [2.24, 2.45) is 0 Å². The molecule has 1 N–H and O–H groups in total. The van der Waals surface area contributed by atoms with E-state index < -0.39 is 0 Å². The molecule has 1 saturated heterocycles. The van der Waals surface area contributed by atoms with Gasteiger partial charge in [-0.3, -0.25) is 19.7 Å². The number of fused-ring (bicyclic) bond motifs is 5. The highest BCUT2D eigenvalue weighted by molar-refractivity contribution is 5.98. The van der Waals surface area contributed by atoms with Crippen LogP contribution < -0.4 is 5.32 Å². The second kappa shape index (κ2) is 7.17. The van der Waals surface area contributed by atoms with Gasteiger partial charge in [0.05, 0.1) is 12.4 Å². The van der Waals surface area contributed by atoms with Crippen molar-refractivity contribution in [3.8, 4) is 0 Å². The molecule has 2 unspecified atom stereocenters. The van der Waals surface area contributed by atoms with Crippen LogP contribution in [0.5, 0.6) is 0 Å². The molecule has 8 nitrogen and oxygen atoms in total. The Balaban J connectivity index is 1.65. The van der Waals surface area contributed by atoms with Gasteiger partial charge < -0.3 is 5.32 Å². The number of anilines is 1. The summed E-state index contributed by atoms with van der Waals surface area (Å²) in [5.74, 6) is 0.241. The van der Waals surface area contributed by atoms with Gasteiger partial charge in [-0.05, 0) is 37.5 Å². The van der Waals surface area contributed by atoms with Crippen LogP contribution in [0, 0.1) is 5.82 Å². The summed E-state index contributed by atoms with van der Waals surface area (Å²) in [6.07, 6.45) is 9.31. The van der Waals surface area contributed by atoms with Crippen LogP contribution in [0.15, 0.2) is 24.5 Å². The first-order chi connectivity index (χ1) is 14.4. The summed E-state index contributed by atoms with van der Waals surface area (Å²) >= 11 is 0. The molecular formula is C21H26FN7O. The normalized spacial score (nSPS) is 27.0. The second-order valence-electron chi connectivity index (χ2n) is 8.32. The minimum atomic E-state index is -0.314. The SMILES string of the molecule is C[C@H]1Cc2ncc(F)cc2C2CCCN2C2C=Cn3ncc(c3N2)C(=O)N(C)N1C. The molecule has 0 radical (unpaired) electrons. The number of carbonyl (C=O) groups excluding carboxylic acids is 1. The number of hydrogen-bond acceptors (Lipinski definition) is 6. The van der Waals surface area contributed by atoms with Gasteiger partial charge in [0.1, 0.15) is 23.4 Å². The smallest absolute Gasteiger partial charge is 0.273 e. The van der Waals surface area contributed by atoms with Crippen LogP contribution in [-0.4, -0.2) is 68.4 Å². The van der Waals surface area contributed by atoms with Gasteiger partial charge in [0.15, 0.2) is 0 Å². The van der Waals surface area contributed by atoms with Crippen LogP contribution in [0.4, 0.5) is 10.2 Å². The Morgan fingerprint density at radius 2 is 2.10 bits per heavy atom. The van der Waals surface area contributed by atoms with E-state index >= 15 is 0 Å². The molecule has 2 aromatic rings. The van der Waals surface area contributed by atoms with Gasteiger partial charge in [-0.2, -0.15) is 5.10 Å². The minimum absolute atomic E-state index is 0.00299. The monoisotopic (exact) mass is 411 g/mol. The largest absolute Gasteiger partial charge is 0.350 e. The van der Waals surface area contributed by atoms with Crippen LogP contribution >= 0.6 is 0 Å². The zero-order valence-electron chi connectivity index (χ0n) is 17.4. The predicted molar refractivity (Wildman–Crippen MR) is 111 cm³/mol. The third-order valence-corrected chi connectivity index (χ3v) is 6.59. The summed E-state index contributed by atoms with van der Waals surface area (Å²) < 4.78 is 15.9. The van der Waals surface area contributed by atoms with Crippen LogP contribution in [0.3, 0.4) is 0 Å². The first kappa shape index (κ1) is 19.2. The molecule has 9 heteroatoms. The van der Waals surface area contributed by atoms with Crippen LogP contribution in [0.1, 0.15) is 47.4 Å². The zero-order chi connectivity index (χ0) is 21.0. The number of hydrazine groups is 1. The predicted octanol–water partition coefficient (Wildman–Crippen LogP) is 2.34. The Labute approximate surface area is 174 Å². The van der Waals surface area contributed by atoms with E-state index in [4.69, 9.17) is 0 Å². The Morgan fingerprint density at radius 1 is 1.27 bits per heavy atom. The fraction of sp³-hybridized carbons (Fsp3) is 0.476. The molecular weight excluding hydrogens is 385 g/mol. The number of nitrogens with zero attached hydrogens (tertiary/aromatic N) is 6. The van der Waals surface area contributed by atoms with E-state index in [9.17, 15) is 9.18 Å². The van der Waals surface area contributed by atoms with Crippen molar-refractivity contribution in [2.45, 2.75) is 44.4 Å². The summed E-state index contributed by atoms with van der Waals surface area (Å²) in [5, 5.41) is 11.4. The molecule has 2 bridgehead atoms. The second-order valence-corrected chi connectivity index (χ2v) is 8.32. The lowest BCUT2D eigenvalue weighted by Crippen LogP contribution is -2.47. The number of pyridine rings is 1. The fourth-order valence-electron chi connectivity index (χ4n) is 4.74. The molecule has 1 fully saturated rings. The number of amides is 1. The van der Waals surface area contributed by atoms with E-state index in [0.717, 1.165) is 30.6 Å². The van der Waals surface area contributed by atoms with E-state index in [2.05, 4.69) is 27.2 Å². The molecule has 3 atom stereocenters. The van der Waals surface area contributed by atoms with E-state index in [1.807, 2.05) is 24.3 Å². The Morgan fingerprint density at radius 3 is 2.93 bits per heavy atom. The maximum Gasteiger partial charge on any atom is 0.273 e. The lowest BCUT2D eigenvalue weighted by atomic mass is 9.98. The summed E-state index contributed by atoms with van der Waals surface area (Å²) in [4.78, 5) is 20.0. The number of hydrogen-bond donors (Lipinski definition) is 1. The number of rotatable bonds is 0. The molecule has 1 amide bonds. The van der Waals surface area contributed by atoms with Crippen molar-refractivity contribution in [1.29, 1.82) is 0 Å². The number of halogens is 1. The molecule has 0 saturated carbocycles. The molecule has 5 rings (SSSR count). The molecule has 3 aliphatic heterocycles. The van der Waals surface area contributed by atoms with Gasteiger partial charge in [0.25, 0.3) is 5.91 Å². The Bertz CT molecular complexity index is 1020. The van der Waals surface area contributed by atoms with E-state index in [1.165, 1.54) is 6.20 Å². The van der Waals surface area contributed by atoms with Crippen molar-refractivity contribution >= 4 is 17.9 Å². The van der Waals surface area contributed by atoms with Crippen LogP contribution in [0.2, 0.25) is 0 Å². The highest BCUT2D eigenvalue weighted by atomic mass is 19.1. The molecule has 0 spiro atoms. The maximum atomic E-state index is 14.2. The zero-order valence-corrected chi connectivity index (χ0v) is 17.4. The van der Waals surface area contributed by atoms with Crippen LogP contribution in [0.25, 0.3) is 6.20 Å². The quantitative estimate of drug-likeness (QED) is 0.718. The average Bonchev–Trinajstić information content (AvgIpc) is 3.39. The molecule has 3 aliphatic rings. The van der Waals surface area contributed by atoms with Gasteiger partial charge in [-0.15, -0.1) is 0 Å². The molecule has 2 aromatic heterocycles. The molecule has 0 aromatic carbocycles. The summed E-state index contributed by atoms with van der Waals surface area (Å²) in [5.41, 5.74) is 2.36. The van der Waals surface area contributed by atoms with Crippen molar-refractivity contribution < 1.29 is 9.18 Å². The Kier molecular flexibility index (Phi) is 4.59. The van der Waals surface area contributed by atoms with E-state index in [1.54, 1.807) is 29.0 Å². The lowest BCUT2D eigenvalue weighted by Gasteiger charge is -2.34. The standard InChI is InChI=1S/C21H26FN7O/c1-13-9-17-15(10-14(22)11-23-17)18-5-4-7-28(18)19-6-8-29-20(25-19)16(12-24-29)21(30)27(3)26(13)2/h6,8,10-13,18-19,25H,4-5,7,9H2,1-3H3/t13-,18?,19?/m0/s1. The maximum absolute atomic E-state index is 14.2. The highest BCUT2D eigenvalue weighted by Crippen LogP contribution is 2.38. The number of carbonyl (C=O) groups is 1. The summed E-state index contributed by atoms with van der Waals surface area (Å²) in [7, 11) is 3.65. The third-order valence-electron chi connectivity index (χ3n) is 6.59. The number of nitrogens with one attached hydrogen (secondary N) is 1. The fourth-order valence-corrected chi connectivity index (χ4v) is 4.74. The number of likely N-dealkylation sites (N-methyl/N-ethyl adjacent to an activating group) is 1. The van der Waals surface area contributed by atoms with E-state index in [-0.39, 0.29) is 30.0 Å². The molecule has 30 heavy (non-hydrogen) atoms. The summed E-state index contributed by atoms with van der Waals surface area (Å²) in [6.45, 7) is 2.94. The van der Waals surface area contributed by atoms with Gasteiger partial charge in [-0.25, -0.2) is 14.1 Å². The summed E-state index contributed by atoms with van der Waals surface area (Å²) in [6, 6.07) is 1.70. The van der Waals surface area contributed by atoms with Crippen molar-refractivity contribution in [2.75, 3.05) is 26.0 Å². The first-order valence-electron chi connectivity index (χ1n) is 10.4. The third kappa shape index (κ3) is 3.00. The van der Waals surface area contributed by atoms with Gasteiger partial charge in [0.2, 0.25) is 0 Å². The van der Waals surface area contributed by atoms with Crippen molar-refractivity contribution in [1.82, 2.24) is 29.7 Å². The average molecular weight is 411 g/mol. The van der Waals surface area contributed by atoms with Gasteiger partial charge >= 0.3 is 0 Å². The highest BCUT2D eigenvalue weighted by Gasteiger charge is 2.36. The lowest BCUT2D eigenvalue weighted by molar-refractivity contribution is 0.000730. The van der Waals surface area contributed by atoms with Crippen molar-refractivity contribution in [3.05, 3.63) is 47.2 Å². The Hall–Kier alpha value is -2.78.